The number of aryl methyl sites for hydroxylation is 2. The maximum Gasteiger partial charge on any atom is 0.360 e. The molecule has 4 aromatic carbocycles. The molecule has 0 saturated carbocycles. The Balaban J connectivity index is 1.26. The quantitative estimate of drug-likeness (QED) is 0.0242. The number of ether oxygens (including phenoxy) is 2. The van der Waals surface area contributed by atoms with E-state index in [2.05, 4.69) is 139 Å². The summed E-state index contributed by atoms with van der Waals surface area (Å²) in [6, 6.07) is 34.9. The summed E-state index contributed by atoms with van der Waals surface area (Å²) in [4.78, 5) is 24.6. The van der Waals surface area contributed by atoms with Crippen molar-refractivity contribution in [3.63, 3.8) is 0 Å². The normalized spacial score (nSPS) is 12.2. The molecule has 2 atom stereocenters. The number of esters is 2. The van der Waals surface area contributed by atoms with Crippen LogP contribution in [-0.4, -0.2) is 36.7 Å². The van der Waals surface area contributed by atoms with Gasteiger partial charge in [-0.3, -0.25) is 9.59 Å². The molecule has 101 heavy (non-hydrogen) atoms. The average molecular weight is 1470 g/mol. The fraction of sp³-hybridized carbons (Fsp3) is 0.708. The van der Waals surface area contributed by atoms with Crippen LogP contribution in [0.15, 0.2) is 97.1 Å². The summed E-state index contributed by atoms with van der Waals surface area (Å²) >= 11 is 3.62. The van der Waals surface area contributed by atoms with Gasteiger partial charge >= 0.3 is 27.1 Å². The Labute approximate surface area is 630 Å². The molecule has 0 N–H and O–H groups in total. The van der Waals surface area contributed by atoms with Crippen molar-refractivity contribution in [3.05, 3.63) is 119 Å². The Kier molecular flexibility index (Phi) is 55.9. The standard InChI is InChI=1S/C89H146O8P2S2/c1-7-11-15-19-23-31-39-47-55-79-59-67-83(68-60-79)94-98(100-77-53-45-37-29-27-33-41-49-57-87(90)92-75-51-43-35-25-21-17-13-9-3)96-85-71-63-81(64-72-85)89(5,6)82-65-73-86(74-66-82)97-99(95-84-69-61-80(62-70-84)56-48-40-32-24-20-16-12-8-2)101-78-54-46-38-30-28-34-42-50-58-88(91)93-76-52-44-36-26-22-18-14-10-4/h59-74H,7-58,75-78H2,1-6H3. The SMILES string of the molecule is CCCCCCCCCCOC(=O)CCCCCCCCCCSP(Oc1ccc(CCCCCCCCCC)cc1)Oc1ccc(C(C)(C)c2ccc(OP(Oc3ccc(CCCCCCCCCC)cc3)SCCCCCCCCCCC(=O)OCCCCCCCCCC)cc2)cc1. The summed E-state index contributed by atoms with van der Waals surface area (Å²) in [7, 11) is -2.57. The van der Waals surface area contributed by atoms with Crippen molar-refractivity contribution in [2.45, 2.75) is 381 Å². The van der Waals surface area contributed by atoms with Gasteiger partial charge in [-0.1, -0.05) is 347 Å². The van der Waals surface area contributed by atoms with Gasteiger partial charge in [0.1, 0.15) is 23.0 Å². The number of unbranched alkanes of at least 4 members (excludes halogenated alkanes) is 42. The first-order valence-corrected chi connectivity index (χ1v) is 47.4. The van der Waals surface area contributed by atoms with E-state index in [4.69, 9.17) is 27.6 Å². The lowest BCUT2D eigenvalue weighted by Crippen LogP contribution is -2.18. The lowest BCUT2D eigenvalue weighted by atomic mass is 9.78. The Morgan fingerprint density at radius 1 is 0.287 bits per heavy atom. The van der Waals surface area contributed by atoms with E-state index >= 15 is 0 Å². The predicted octanol–water partition coefficient (Wildman–Crippen LogP) is 30.6. The molecule has 2 unspecified atom stereocenters. The lowest BCUT2D eigenvalue weighted by molar-refractivity contribution is -0.144. The first-order valence-electron chi connectivity index (χ1n) is 41.9. The van der Waals surface area contributed by atoms with Crippen LogP contribution in [0.5, 0.6) is 23.0 Å². The molecule has 0 radical (unpaired) electrons. The summed E-state index contributed by atoms with van der Waals surface area (Å²) < 4.78 is 38.0. The van der Waals surface area contributed by atoms with Gasteiger partial charge in [0.25, 0.3) is 0 Å². The number of benzene rings is 4. The molecule has 8 nitrogen and oxygen atoms in total. The minimum absolute atomic E-state index is 0.0184. The Morgan fingerprint density at radius 3 is 0.792 bits per heavy atom. The van der Waals surface area contributed by atoms with Gasteiger partial charge in [-0.15, -0.1) is 0 Å². The summed E-state index contributed by atoms with van der Waals surface area (Å²) in [6.07, 6.45) is 63.2. The van der Waals surface area contributed by atoms with Gasteiger partial charge in [0.2, 0.25) is 0 Å². The molecule has 4 aromatic rings. The molecule has 0 aliphatic heterocycles. The average Bonchev–Trinajstić information content (AvgIpc) is 0.803. The largest absolute Gasteiger partial charge is 0.466 e. The molecule has 0 aliphatic carbocycles. The van der Waals surface area contributed by atoms with Gasteiger partial charge in [0.05, 0.1) is 13.2 Å². The van der Waals surface area contributed by atoms with Crippen LogP contribution in [-0.2, 0) is 37.3 Å². The Hall–Kier alpha value is -3.42. The van der Waals surface area contributed by atoms with Gasteiger partial charge in [-0.25, -0.2) is 0 Å². The van der Waals surface area contributed by atoms with Crippen molar-refractivity contribution >= 4 is 49.9 Å². The van der Waals surface area contributed by atoms with Crippen molar-refractivity contribution in [1.82, 2.24) is 0 Å². The van der Waals surface area contributed by atoms with Gasteiger partial charge in [-0.05, 0) is 158 Å². The summed E-state index contributed by atoms with van der Waals surface area (Å²) in [6.45, 7) is 14.9. The van der Waals surface area contributed by atoms with Crippen LogP contribution in [0.4, 0.5) is 0 Å². The zero-order chi connectivity index (χ0) is 72.0. The number of hydrogen-bond acceptors (Lipinski definition) is 10. The van der Waals surface area contributed by atoms with Crippen LogP contribution in [0.25, 0.3) is 0 Å². The smallest absolute Gasteiger partial charge is 0.360 e. The number of rotatable bonds is 70. The van der Waals surface area contributed by atoms with Crippen LogP contribution in [0, 0.1) is 0 Å². The first kappa shape index (κ1) is 90.0. The highest BCUT2D eigenvalue weighted by molar-refractivity contribution is 8.53. The van der Waals surface area contributed by atoms with E-state index in [1.165, 1.54) is 279 Å². The molecule has 0 amide bonds. The highest BCUT2D eigenvalue weighted by Gasteiger charge is 2.25. The number of hydrogen-bond donors (Lipinski definition) is 0. The summed E-state index contributed by atoms with van der Waals surface area (Å²) in [5, 5.41) is 0. The number of carbonyl (C=O) groups is 2. The molecule has 0 spiro atoms. The Bertz CT molecular complexity index is 2360. The minimum Gasteiger partial charge on any atom is -0.466 e. The fourth-order valence-corrected chi connectivity index (χ4v) is 18.8. The maximum atomic E-state index is 12.3. The number of carbonyl (C=O) groups excluding carboxylic acids is 2. The predicted molar refractivity (Wildman–Crippen MR) is 442 cm³/mol. The van der Waals surface area contributed by atoms with E-state index in [-0.39, 0.29) is 17.4 Å². The van der Waals surface area contributed by atoms with E-state index in [9.17, 15) is 9.59 Å². The molecule has 0 bridgehead atoms. The first-order chi connectivity index (χ1) is 49.6. The zero-order valence-electron chi connectivity index (χ0n) is 65.3. The minimum atomic E-state index is -1.29. The van der Waals surface area contributed by atoms with Crippen molar-refractivity contribution in [2.75, 3.05) is 24.7 Å². The Morgan fingerprint density at radius 2 is 0.515 bits per heavy atom. The molecule has 0 aromatic heterocycles. The van der Waals surface area contributed by atoms with Crippen LogP contribution in [0.2, 0.25) is 0 Å². The molecule has 12 heteroatoms. The van der Waals surface area contributed by atoms with Gasteiger partial charge in [-0.2, -0.15) is 0 Å². The van der Waals surface area contributed by atoms with Crippen molar-refractivity contribution < 1.29 is 37.2 Å². The van der Waals surface area contributed by atoms with E-state index in [0.717, 1.165) is 98.7 Å². The highest BCUT2D eigenvalue weighted by Crippen LogP contribution is 2.54. The summed E-state index contributed by atoms with van der Waals surface area (Å²) in [5.41, 5.74) is 4.91. The van der Waals surface area contributed by atoms with Crippen molar-refractivity contribution in [3.8, 4) is 23.0 Å². The third kappa shape index (κ3) is 47.7. The summed E-state index contributed by atoms with van der Waals surface area (Å²) in [5.74, 6) is 5.31. The highest BCUT2D eigenvalue weighted by atomic mass is 32.7. The molecule has 0 heterocycles. The van der Waals surface area contributed by atoms with Crippen LogP contribution < -0.4 is 18.1 Å². The molecule has 0 saturated heterocycles. The van der Waals surface area contributed by atoms with Gasteiger partial charge < -0.3 is 27.6 Å². The van der Waals surface area contributed by atoms with E-state index in [1.807, 2.05) is 22.8 Å². The maximum absolute atomic E-state index is 12.3. The lowest BCUT2D eigenvalue weighted by Gasteiger charge is -2.27. The molecule has 0 aliphatic rings. The second-order valence-electron chi connectivity index (χ2n) is 29.4. The van der Waals surface area contributed by atoms with Crippen molar-refractivity contribution in [1.29, 1.82) is 0 Å². The molecular formula is C89H146O8P2S2. The molecular weight excluding hydrogens is 1320 g/mol. The molecule has 4 rings (SSSR count). The second-order valence-corrected chi connectivity index (χ2v) is 35.7. The topological polar surface area (TPSA) is 89.5 Å². The molecule has 572 valence electrons. The van der Waals surface area contributed by atoms with Gasteiger partial charge in [0.15, 0.2) is 0 Å². The van der Waals surface area contributed by atoms with Crippen LogP contribution in [0.3, 0.4) is 0 Å². The third-order valence-corrected chi connectivity index (χ3v) is 25.9. The molecule has 0 fully saturated rings. The zero-order valence-corrected chi connectivity index (χ0v) is 68.7. The third-order valence-electron chi connectivity index (χ3n) is 19.8. The monoisotopic (exact) mass is 1470 g/mol. The van der Waals surface area contributed by atoms with Crippen molar-refractivity contribution in [2.24, 2.45) is 0 Å². The second kappa shape index (κ2) is 62.7. The van der Waals surface area contributed by atoms with E-state index in [0.29, 0.717) is 26.1 Å². The van der Waals surface area contributed by atoms with Crippen LogP contribution in [0.1, 0.15) is 385 Å². The van der Waals surface area contributed by atoms with Crippen LogP contribution >= 0.6 is 37.9 Å². The fourth-order valence-electron chi connectivity index (χ4n) is 13.0. The van der Waals surface area contributed by atoms with E-state index < -0.39 is 15.2 Å². The van der Waals surface area contributed by atoms with E-state index in [1.54, 1.807) is 0 Å². The van der Waals surface area contributed by atoms with Gasteiger partial charge in [0, 0.05) is 29.8 Å².